The van der Waals surface area contributed by atoms with E-state index in [1.165, 1.54) is 0 Å². The van der Waals surface area contributed by atoms with Crippen LogP contribution < -0.4 is 9.47 Å². The molecule has 0 spiro atoms. The van der Waals surface area contributed by atoms with Crippen LogP contribution in [0.5, 0.6) is 17.2 Å². The monoisotopic (exact) mass is 340 g/mol. The Morgan fingerprint density at radius 2 is 1.68 bits per heavy atom. The highest BCUT2D eigenvalue weighted by atomic mass is 79.9. The molecule has 0 saturated carbocycles. The van der Waals surface area contributed by atoms with Gasteiger partial charge >= 0.3 is 0 Å². The van der Waals surface area contributed by atoms with Gasteiger partial charge in [-0.05, 0) is 31.2 Å². The van der Waals surface area contributed by atoms with E-state index in [2.05, 4.69) is 15.9 Å². The Labute approximate surface area is 126 Å². The minimum Gasteiger partial charge on any atom is -0.490 e. The molecular weight excluding hydrogens is 328 g/mol. The molecule has 0 atom stereocenters. The molecule has 0 radical (unpaired) electrons. The van der Waals surface area contributed by atoms with Crippen molar-refractivity contribution in [2.75, 3.05) is 6.61 Å². The topological polar surface area (TPSA) is 18.5 Å². The lowest BCUT2D eigenvalue weighted by molar-refractivity contribution is 0.321. The SMILES string of the molecule is CCOc1ccccc1Oc1cccc(Cl)c1CBr. The van der Waals surface area contributed by atoms with Crippen LogP contribution in [-0.4, -0.2) is 6.61 Å². The van der Waals surface area contributed by atoms with Crippen LogP contribution in [0.25, 0.3) is 0 Å². The van der Waals surface area contributed by atoms with Crippen LogP contribution in [0.4, 0.5) is 0 Å². The van der Waals surface area contributed by atoms with Crippen LogP contribution in [0.15, 0.2) is 42.5 Å². The van der Waals surface area contributed by atoms with Gasteiger partial charge in [-0.25, -0.2) is 0 Å². The van der Waals surface area contributed by atoms with Gasteiger partial charge in [-0.2, -0.15) is 0 Å². The van der Waals surface area contributed by atoms with E-state index in [1.54, 1.807) is 0 Å². The van der Waals surface area contributed by atoms with Gasteiger partial charge in [0.2, 0.25) is 0 Å². The van der Waals surface area contributed by atoms with Crippen molar-refractivity contribution in [1.82, 2.24) is 0 Å². The largest absolute Gasteiger partial charge is 0.490 e. The van der Waals surface area contributed by atoms with E-state index in [-0.39, 0.29) is 0 Å². The highest BCUT2D eigenvalue weighted by molar-refractivity contribution is 9.08. The number of hydrogen-bond donors (Lipinski definition) is 0. The minimum absolute atomic E-state index is 0.598. The van der Waals surface area contributed by atoms with Gasteiger partial charge in [0.15, 0.2) is 11.5 Å². The van der Waals surface area contributed by atoms with Crippen molar-refractivity contribution in [1.29, 1.82) is 0 Å². The minimum atomic E-state index is 0.598. The number of alkyl halides is 1. The summed E-state index contributed by atoms with van der Waals surface area (Å²) < 4.78 is 11.5. The Bertz CT molecular complexity index is 558. The molecule has 0 saturated heterocycles. The molecule has 100 valence electrons. The molecule has 0 amide bonds. The molecule has 0 aliphatic carbocycles. The molecule has 2 aromatic carbocycles. The number of ether oxygens (including phenoxy) is 2. The third-order valence-corrected chi connectivity index (χ3v) is 3.49. The summed E-state index contributed by atoms with van der Waals surface area (Å²) in [4.78, 5) is 0. The molecule has 0 bridgehead atoms. The number of para-hydroxylation sites is 2. The summed E-state index contributed by atoms with van der Waals surface area (Å²) >= 11 is 9.58. The van der Waals surface area contributed by atoms with Gasteiger partial charge in [-0.1, -0.05) is 45.7 Å². The van der Waals surface area contributed by atoms with Crippen LogP contribution in [-0.2, 0) is 5.33 Å². The summed E-state index contributed by atoms with van der Waals surface area (Å²) in [5, 5.41) is 1.32. The first kappa shape index (κ1) is 14.2. The molecule has 2 aromatic rings. The fraction of sp³-hybridized carbons (Fsp3) is 0.200. The summed E-state index contributed by atoms with van der Waals surface area (Å²) in [5.41, 5.74) is 0.926. The molecule has 0 aromatic heterocycles. The van der Waals surface area contributed by atoms with Gasteiger partial charge in [-0.15, -0.1) is 0 Å². The third-order valence-electron chi connectivity index (χ3n) is 2.58. The first-order valence-corrected chi connectivity index (χ1v) is 7.49. The maximum atomic E-state index is 6.16. The summed E-state index contributed by atoms with van der Waals surface area (Å²) in [5.74, 6) is 2.15. The standard InChI is InChI=1S/C15H14BrClO2/c1-2-18-14-7-3-4-8-15(14)19-13-9-5-6-12(17)11(13)10-16/h3-9H,2,10H2,1H3. The lowest BCUT2D eigenvalue weighted by atomic mass is 10.2. The normalized spacial score (nSPS) is 10.3. The molecule has 0 unspecified atom stereocenters. The van der Waals surface area contributed by atoms with Gasteiger partial charge in [0.1, 0.15) is 5.75 Å². The molecule has 0 aliphatic heterocycles. The van der Waals surface area contributed by atoms with E-state index >= 15 is 0 Å². The average molecular weight is 342 g/mol. The van der Waals surface area contributed by atoms with Crippen molar-refractivity contribution in [2.45, 2.75) is 12.3 Å². The van der Waals surface area contributed by atoms with E-state index < -0.39 is 0 Å². The third kappa shape index (κ3) is 3.43. The van der Waals surface area contributed by atoms with E-state index in [4.69, 9.17) is 21.1 Å². The Morgan fingerprint density at radius 3 is 2.37 bits per heavy atom. The highest BCUT2D eigenvalue weighted by Crippen LogP contribution is 2.36. The molecule has 4 heteroatoms. The van der Waals surface area contributed by atoms with Crippen molar-refractivity contribution >= 4 is 27.5 Å². The Balaban J connectivity index is 2.33. The lowest BCUT2D eigenvalue weighted by Gasteiger charge is -2.14. The summed E-state index contributed by atoms with van der Waals surface area (Å²) in [7, 11) is 0. The first-order chi connectivity index (χ1) is 9.26. The molecule has 0 aliphatic rings. The van der Waals surface area contributed by atoms with E-state index in [0.29, 0.717) is 22.7 Å². The van der Waals surface area contributed by atoms with Crippen molar-refractivity contribution < 1.29 is 9.47 Å². The maximum absolute atomic E-state index is 6.16. The van der Waals surface area contributed by atoms with Crippen LogP contribution in [0.2, 0.25) is 5.02 Å². The maximum Gasteiger partial charge on any atom is 0.169 e. The summed E-state index contributed by atoms with van der Waals surface area (Å²) in [6.07, 6.45) is 0. The van der Waals surface area contributed by atoms with Gasteiger partial charge in [0, 0.05) is 15.9 Å². The molecular formula is C15H14BrClO2. The average Bonchev–Trinajstić information content (AvgIpc) is 2.41. The Hall–Kier alpha value is -1.19. The molecule has 0 fully saturated rings. The molecule has 0 N–H and O–H groups in total. The molecule has 19 heavy (non-hydrogen) atoms. The summed E-state index contributed by atoms with van der Waals surface area (Å²) in [6, 6.07) is 13.2. The number of hydrogen-bond acceptors (Lipinski definition) is 2. The van der Waals surface area contributed by atoms with Gasteiger partial charge in [0.05, 0.1) is 6.61 Å². The number of rotatable bonds is 5. The Kier molecular flexibility index (Phi) is 5.11. The number of benzene rings is 2. The van der Waals surface area contributed by atoms with Crippen molar-refractivity contribution in [2.24, 2.45) is 0 Å². The molecule has 2 rings (SSSR count). The van der Waals surface area contributed by atoms with E-state index in [1.807, 2.05) is 49.4 Å². The second-order valence-electron chi connectivity index (χ2n) is 3.83. The predicted molar refractivity (Wildman–Crippen MR) is 81.8 cm³/mol. The second kappa shape index (κ2) is 6.83. The zero-order valence-electron chi connectivity index (χ0n) is 10.5. The van der Waals surface area contributed by atoms with Crippen LogP contribution in [0.3, 0.4) is 0 Å². The lowest BCUT2D eigenvalue weighted by Crippen LogP contribution is -1.96. The molecule has 0 heterocycles. The van der Waals surface area contributed by atoms with Gasteiger partial charge in [0.25, 0.3) is 0 Å². The van der Waals surface area contributed by atoms with Crippen molar-refractivity contribution in [3.63, 3.8) is 0 Å². The predicted octanol–water partition coefficient (Wildman–Crippen LogP) is 5.43. The second-order valence-corrected chi connectivity index (χ2v) is 4.80. The quantitative estimate of drug-likeness (QED) is 0.675. The van der Waals surface area contributed by atoms with Crippen LogP contribution in [0.1, 0.15) is 12.5 Å². The Morgan fingerprint density at radius 1 is 1.00 bits per heavy atom. The smallest absolute Gasteiger partial charge is 0.169 e. The van der Waals surface area contributed by atoms with Crippen LogP contribution in [0, 0.1) is 0 Å². The zero-order chi connectivity index (χ0) is 13.7. The fourth-order valence-corrected chi connectivity index (χ4v) is 2.66. The number of halogens is 2. The van der Waals surface area contributed by atoms with Gasteiger partial charge in [-0.3, -0.25) is 0 Å². The first-order valence-electron chi connectivity index (χ1n) is 5.99. The summed E-state index contributed by atoms with van der Waals surface area (Å²) in [6.45, 7) is 2.54. The highest BCUT2D eigenvalue weighted by Gasteiger charge is 2.10. The van der Waals surface area contributed by atoms with Crippen LogP contribution >= 0.6 is 27.5 Å². The van der Waals surface area contributed by atoms with E-state index in [0.717, 1.165) is 17.1 Å². The molecule has 2 nitrogen and oxygen atoms in total. The zero-order valence-corrected chi connectivity index (χ0v) is 12.9. The van der Waals surface area contributed by atoms with Gasteiger partial charge < -0.3 is 9.47 Å². The fourth-order valence-electron chi connectivity index (χ4n) is 1.69. The van der Waals surface area contributed by atoms with Crippen molar-refractivity contribution in [3.8, 4) is 17.2 Å². The van der Waals surface area contributed by atoms with Crippen molar-refractivity contribution in [3.05, 3.63) is 53.1 Å². The van der Waals surface area contributed by atoms with E-state index in [9.17, 15) is 0 Å².